The molecule has 0 radical (unpaired) electrons. The van der Waals surface area contributed by atoms with Crippen LogP contribution >= 0.6 is 11.9 Å². The molecule has 1 aliphatic rings. The van der Waals surface area contributed by atoms with Crippen LogP contribution in [-0.2, 0) is 13.5 Å². The summed E-state index contributed by atoms with van der Waals surface area (Å²) >= 11 is 1.13. The molecule has 0 aromatic heterocycles. The lowest BCUT2D eigenvalue weighted by molar-refractivity contribution is -0.0809. The Balaban J connectivity index is 2.63. The highest BCUT2D eigenvalue weighted by Crippen LogP contribution is 2.43. The van der Waals surface area contributed by atoms with Gasteiger partial charge in [0.2, 0.25) is 0 Å². The van der Waals surface area contributed by atoms with E-state index in [-0.39, 0.29) is 11.2 Å². The van der Waals surface area contributed by atoms with Gasteiger partial charge in [-0.2, -0.15) is 0 Å². The Labute approximate surface area is 121 Å². The highest BCUT2D eigenvalue weighted by molar-refractivity contribution is 8.20. The van der Waals surface area contributed by atoms with Crippen LogP contribution in [0.3, 0.4) is 0 Å². The van der Waals surface area contributed by atoms with Crippen molar-refractivity contribution in [2.24, 2.45) is 0 Å². The summed E-state index contributed by atoms with van der Waals surface area (Å²) in [4.78, 5) is 0. The molecule has 1 N–H and O–H groups in total. The van der Waals surface area contributed by atoms with Gasteiger partial charge in [0.05, 0.1) is 16.8 Å². The summed E-state index contributed by atoms with van der Waals surface area (Å²) in [6, 6.07) is 0. The summed E-state index contributed by atoms with van der Waals surface area (Å²) in [5.74, 6) is 0. The predicted molar refractivity (Wildman–Crippen MR) is 79.8 cm³/mol. The van der Waals surface area contributed by atoms with Gasteiger partial charge < -0.3 is 18.6 Å². The Kier molecular flexibility index (Phi) is 4.76. The van der Waals surface area contributed by atoms with E-state index in [9.17, 15) is 5.11 Å². The fourth-order valence-corrected chi connectivity index (χ4v) is 2.61. The van der Waals surface area contributed by atoms with Gasteiger partial charge in [-0.05, 0) is 54.9 Å². The van der Waals surface area contributed by atoms with Crippen molar-refractivity contribution in [1.29, 1.82) is 0 Å². The molecule has 1 saturated heterocycles. The fraction of sp³-hybridized carbons (Fsp3) is 1.00. The van der Waals surface area contributed by atoms with Crippen LogP contribution in [0.4, 0.5) is 0 Å². The van der Waals surface area contributed by atoms with Crippen LogP contribution in [0.15, 0.2) is 0 Å². The van der Waals surface area contributed by atoms with Gasteiger partial charge in [-0.3, -0.25) is 0 Å². The van der Waals surface area contributed by atoms with Crippen LogP contribution in [0.1, 0.15) is 61.8 Å². The van der Waals surface area contributed by atoms with E-state index >= 15 is 0 Å². The van der Waals surface area contributed by atoms with E-state index < -0.39 is 17.6 Å². The maximum absolute atomic E-state index is 10.1. The van der Waals surface area contributed by atoms with Crippen molar-refractivity contribution in [1.82, 2.24) is 0 Å². The number of rotatable bonds is 5. The summed E-state index contributed by atoms with van der Waals surface area (Å²) in [7, 11) is 0. The van der Waals surface area contributed by atoms with Gasteiger partial charge in [-0.1, -0.05) is 6.92 Å². The van der Waals surface area contributed by atoms with Crippen LogP contribution in [-0.4, -0.2) is 33.9 Å². The third-order valence-corrected chi connectivity index (χ3v) is 5.37. The maximum atomic E-state index is 10.1. The van der Waals surface area contributed by atoms with E-state index in [0.717, 1.165) is 18.3 Å². The molecule has 0 aromatic carbocycles. The molecule has 1 rings (SSSR count). The molecule has 1 atom stereocenters. The summed E-state index contributed by atoms with van der Waals surface area (Å²) in [5.41, 5.74) is -2.32. The second-order valence-electron chi connectivity index (χ2n) is 6.87. The topological polar surface area (TPSA) is 47.9 Å². The summed E-state index contributed by atoms with van der Waals surface area (Å²) in [6.07, 6.45) is 0.396. The van der Waals surface area contributed by atoms with Gasteiger partial charge in [-0.15, -0.1) is 0 Å². The smallest absolute Gasteiger partial charge is 0.393 e. The van der Waals surface area contributed by atoms with Crippen molar-refractivity contribution in [2.45, 2.75) is 84.2 Å². The second kappa shape index (κ2) is 5.22. The second-order valence-corrected chi connectivity index (χ2v) is 7.61. The van der Waals surface area contributed by atoms with E-state index in [2.05, 4.69) is 13.8 Å². The molecule has 0 aliphatic carbocycles. The predicted octanol–water partition coefficient (Wildman–Crippen LogP) is 3.18. The van der Waals surface area contributed by atoms with E-state index in [4.69, 9.17) is 13.5 Å². The van der Waals surface area contributed by atoms with Crippen LogP contribution in [0.25, 0.3) is 0 Å². The maximum Gasteiger partial charge on any atom is 0.560 e. The zero-order valence-electron chi connectivity index (χ0n) is 13.4. The van der Waals surface area contributed by atoms with Gasteiger partial charge in [-0.25, -0.2) is 0 Å². The fourth-order valence-electron chi connectivity index (χ4n) is 1.55. The summed E-state index contributed by atoms with van der Waals surface area (Å²) < 4.78 is 17.6. The quantitative estimate of drug-likeness (QED) is 0.622. The molecule has 1 unspecified atom stereocenters. The SMILES string of the molecule is CCC1(C)OB(SOC(C)(C)C(C)(C)O)OC1(C)C. The minimum atomic E-state index is -0.942. The molecular weight excluding hydrogens is 263 g/mol. The van der Waals surface area contributed by atoms with Crippen molar-refractivity contribution in [3.8, 4) is 0 Å². The summed E-state index contributed by atoms with van der Waals surface area (Å²) in [6.45, 7) is 15.3. The van der Waals surface area contributed by atoms with Crippen molar-refractivity contribution in [3.05, 3.63) is 0 Å². The first kappa shape index (κ1) is 17.3. The molecule has 112 valence electrons. The first-order chi connectivity index (χ1) is 8.35. The van der Waals surface area contributed by atoms with Crippen LogP contribution in [0.5, 0.6) is 0 Å². The van der Waals surface area contributed by atoms with Gasteiger partial charge >= 0.3 is 6.40 Å². The van der Waals surface area contributed by atoms with Gasteiger partial charge in [0, 0.05) is 11.9 Å². The Morgan fingerprint density at radius 2 is 1.68 bits per heavy atom. The molecule has 1 aliphatic heterocycles. The molecular formula is C13H27BO4S. The zero-order chi connectivity index (χ0) is 15.1. The van der Waals surface area contributed by atoms with Gasteiger partial charge in [0.25, 0.3) is 0 Å². The van der Waals surface area contributed by atoms with Crippen LogP contribution < -0.4 is 0 Å². The Morgan fingerprint density at radius 1 is 1.16 bits per heavy atom. The Bertz CT molecular complexity index is 327. The highest BCUT2D eigenvalue weighted by Gasteiger charge is 2.54. The molecule has 19 heavy (non-hydrogen) atoms. The average Bonchev–Trinajstić information content (AvgIpc) is 2.46. The molecule has 4 nitrogen and oxygen atoms in total. The van der Waals surface area contributed by atoms with Crippen LogP contribution in [0.2, 0.25) is 0 Å². The summed E-state index contributed by atoms with van der Waals surface area (Å²) in [5, 5.41) is 10.1. The van der Waals surface area contributed by atoms with Crippen molar-refractivity contribution in [3.63, 3.8) is 0 Å². The van der Waals surface area contributed by atoms with E-state index in [1.807, 2.05) is 27.7 Å². The lowest BCUT2D eigenvalue weighted by atomic mass is 9.86. The largest absolute Gasteiger partial charge is 0.560 e. The molecule has 0 amide bonds. The number of hydrogen-bond donors (Lipinski definition) is 1. The normalized spacial score (nSPS) is 27.9. The van der Waals surface area contributed by atoms with Crippen molar-refractivity contribution < 1.29 is 18.6 Å². The highest BCUT2D eigenvalue weighted by atomic mass is 32.2. The third kappa shape index (κ3) is 3.48. The molecule has 0 saturated carbocycles. The molecule has 6 heteroatoms. The molecule has 1 fully saturated rings. The zero-order valence-corrected chi connectivity index (χ0v) is 14.2. The monoisotopic (exact) mass is 290 g/mol. The molecule has 1 heterocycles. The standard InChI is InChI=1S/C13H27BO4S/c1-9-13(8)12(6,7)16-14(17-13)19-18-11(4,5)10(2,3)15/h15H,9H2,1-8H3. The van der Waals surface area contributed by atoms with E-state index in [0.29, 0.717) is 0 Å². The number of hydrogen-bond acceptors (Lipinski definition) is 5. The van der Waals surface area contributed by atoms with E-state index in [1.54, 1.807) is 13.8 Å². The Morgan fingerprint density at radius 3 is 2.05 bits per heavy atom. The molecule has 0 spiro atoms. The third-order valence-electron chi connectivity index (χ3n) is 4.50. The molecule has 0 bridgehead atoms. The van der Waals surface area contributed by atoms with Gasteiger partial charge in [0.15, 0.2) is 0 Å². The molecule has 0 aromatic rings. The average molecular weight is 290 g/mol. The first-order valence-corrected chi connectivity index (χ1v) is 7.58. The van der Waals surface area contributed by atoms with E-state index in [1.165, 1.54) is 0 Å². The van der Waals surface area contributed by atoms with Crippen LogP contribution in [0, 0.1) is 0 Å². The first-order valence-electron chi connectivity index (χ1n) is 6.77. The lowest BCUT2D eigenvalue weighted by Gasteiger charge is -2.36. The lowest BCUT2D eigenvalue weighted by Crippen LogP contribution is -2.46. The number of aliphatic hydroxyl groups is 1. The minimum absolute atomic E-state index is 0.326. The van der Waals surface area contributed by atoms with Crippen molar-refractivity contribution >= 4 is 18.3 Å². The van der Waals surface area contributed by atoms with Crippen molar-refractivity contribution in [2.75, 3.05) is 0 Å². The minimum Gasteiger partial charge on any atom is -0.393 e. The Hall–Kier alpha value is 0.255. The van der Waals surface area contributed by atoms with Gasteiger partial charge in [0.1, 0.15) is 5.60 Å².